The summed E-state index contributed by atoms with van der Waals surface area (Å²) in [6.45, 7) is 3.63. The number of carbonyl (C=O) groups is 1. The lowest BCUT2D eigenvalue weighted by atomic mass is 10.1. The smallest absolute Gasteiger partial charge is 0.254 e. The predicted molar refractivity (Wildman–Crippen MR) is 71.3 cm³/mol. The van der Waals surface area contributed by atoms with Crippen LogP contribution >= 0.6 is 0 Å². The van der Waals surface area contributed by atoms with Crippen molar-refractivity contribution in [1.29, 1.82) is 0 Å². The number of benzene rings is 1. The second-order valence-corrected chi connectivity index (χ2v) is 4.46. The van der Waals surface area contributed by atoms with Gasteiger partial charge >= 0.3 is 0 Å². The Morgan fingerprint density at radius 3 is 2.58 bits per heavy atom. The van der Waals surface area contributed by atoms with Gasteiger partial charge in [-0.2, -0.15) is 0 Å². The summed E-state index contributed by atoms with van der Waals surface area (Å²) < 4.78 is 13.7. The zero-order chi connectivity index (χ0) is 13.8. The van der Waals surface area contributed by atoms with Crippen molar-refractivity contribution in [3.8, 4) is 0 Å². The van der Waals surface area contributed by atoms with Crippen LogP contribution in [-0.4, -0.2) is 10.9 Å². The third-order valence-electron chi connectivity index (χ3n) is 2.92. The first-order valence-electron chi connectivity index (χ1n) is 6.05. The molecule has 0 aliphatic heterocycles. The van der Waals surface area contributed by atoms with E-state index in [2.05, 4.69) is 10.3 Å². The molecule has 0 spiro atoms. The Morgan fingerprint density at radius 1 is 1.26 bits per heavy atom. The molecule has 1 N–H and O–H groups in total. The highest BCUT2D eigenvalue weighted by molar-refractivity contribution is 5.94. The Labute approximate surface area is 111 Å². The van der Waals surface area contributed by atoms with Gasteiger partial charge < -0.3 is 5.32 Å². The lowest BCUT2D eigenvalue weighted by molar-refractivity contribution is 0.0936. The van der Waals surface area contributed by atoms with Gasteiger partial charge in [0.05, 0.1) is 11.6 Å². The topological polar surface area (TPSA) is 42.0 Å². The number of nitrogens with zero attached hydrogens (tertiary/aromatic N) is 1. The summed E-state index contributed by atoms with van der Waals surface area (Å²) in [5.41, 5.74) is 1.78. The largest absolute Gasteiger partial charge is 0.345 e. The summed E-state index contributed by atoms with van der Waals surface area (Å²) in [5, 5.41) is 2.77. The van der Waals surface area contributed by atoms with E-state index in [1.807, 2.05) is 19.1 Å². The Morgan fingerprint density at radius 2 is 1.95 bits per heavy atom. The Balaban J connectivity index is 2.13. The van der Waals surface area contributed by atoms with Crippen molar-refractivity contribution < 1.29 is 9.18 Å². The van der Waals surface area contributed by atoms with Gasteiger partial charge in [-0.05, 0) is 49.2 Å². The molecule has 1 aromatic carbocycles. The van der Waals surface area contributed by atoms with E-state index in [0.717, 1.165) is 11.1 Å². The van der Waals surface area contributed by atoms with Crippen LogP contribution in [0, 0.1) is 12.7 Å². The van der Waals surface area contributed by atoms with E-state index < -0.39 is 11.7 Å². The standard InChI is InChI=1S/C15H15FN2O/c1-10-3-4-13(14(16)9-10)15(19)18-11(2)12-5-7-17-8-6-12/h3-9,11H,1-2H3,(H,18,19). The first kappa shape index (κ1) is 13.2. The lowest BCUT2D eigenvalue weighted by Crippen LogP contribution is -2.27. The number of rotatable bonds is 3. The van der Waals surface area contributed by atoms with Crippen LogP contribution in [0.15, 0.2) is 42.7 Å². The molecular formula is C15H15FN2O. The van der Waals surface area contributed by atoms with Crippen molar-refractivity contribution in [3.63, 3.8) is 0 Å². The molecule has 0 aliphatic carbocycles. The average Bonchev–Trinajstić information content (AvgIpc) is 2.39. The molecule has 3 nitrogen and oxygen atoms in total. The summed E-state index contributed by atoms with van der Waals surface area (Å²) in [6.07, 6.45) is 3.31. The molecule has 4 heteroatoms. The lowest BCUT2D eigenvalue weighted by Gasteiger charge is -2.14. The number of aryl methyl sites for hydroxylation is 1. The number of carbonyl (C=O) groups excluding carboxylic acids is 1. The molecule has 0 aliphatic rings. The van der Waals surface area contributed by atoms with E-state index in [-0.39, 0.29) is 11.6 Å². The molecule has 1 atom stereocenters. The van der Waals surface area contributed by atoms with E-state index in [9.17, 15) is 9.18 Å². The Hall–Kier alpha value is -2.23. The van der Waals surface area contributed by atoms with Gasteiger partial charge in [-0.15, -0.1) is 0 Å². The van der Waals surface area contributed by atoms with Crippen LogP contribution in [-0.2, 0) is 0 Å². The molecule has 0 fully saturated rings. The van der Waals surface area contributed by atoms with Crippen LogP contribution in [0.2, 0.25) is 0 Å². The molecule has 0 saturated carbocycles. The molecule has 2 rings (SSSR count). The molecule has 1 amide bonds. The summed E-state index contributed by atoms with van der Waals surface area (Å²) in [6, 6.07) is 8.00. The minimum Gasteiger partial charge on any atom is -0.345 e. The van der Waals surface area contributed by atoms with E-state index in [1.165, 1.54) is 12.1 Å². The zero-order valence-electron chi connectivity index (χ0n) is 10.9. The number of nitrogens with one attached hydrogen (secondary N) is 1. The van der Waals surface area contributed by atoms with E-state index >= 15 is 0 Å². The molecule has 98 valence electrons. The average molecular weight is 258 g/mol. The van der Waals surface area contributed by atoms with Gasteiger partial charge in [0, 0.05) is 12.4 Å². The molecule has 1 heterocycles. The SMILES string of the molecule is Cc1ccc(C(=O)NC(C)c2ccncc2)c(F)c1. The normalized spacial score (nSPS) is 11.9. The zero-order valence-corrected chi connectivity index (χ0v) is 10.9. The van der Waals surface area contributed by atoms with Gasteiger partial charge in [-0.1, -0.05) is 6.07 Å². The number of amides is 1. The van der Waals surface area contributed by atoms with Crippen molar-refractivity contribution in [2.75, 3.05) is 0 Å². The van der Waals surface area contributed by atoms with Crippen LogP contribution in [0.4, 0.5) is 4.39 Å². The third kappa shape index (κ3) is 3.16. The summed E-state index contributed by atoms with van der Waals surface area (Å²) in [7, 11) is 0. The van der Waals surface area contributed by atoms with Crippen LogP contribution in [0.3, 0.4) is 0 Å². The molecule has 2 aromatic rings. The van der Waals surface area contributed by atoms with Gasteiger partial charge in [0.1, 0.15) is 5.82 Å². The van der Waals surface area contributed by atoms with Crippen molar-refractivity contribution in [3.05, 3.63) is 65.2 Å². The number of hydrogen-bond acceptors (Lipinski definition) is 2. The fraction of sp³-hybridized carbons (Fsp3) is 0.200. The molecule has 0 saturated heterocycles. The first-order valence-corrected chi connectivity index (χ1v) is 6.05. The monoisotopic (exact) mass is 258 g/mol. The second kappa shape index (κ2) is 5.61. The molecule has 1 aromatic heterocycles. The van der Waals surface area contributed by atoms with Gasteiger partial charge in [-0.25, -0.2) is 4.39 Å². The maximum Gasteiger partial charge on any atom is 0.254 e. The maximum absolute atomic E-state index is 13.7. The number of aromatic nitrogens is 1. The molecule has 0 bridgehead atoms. The minimum atomic E-state index is -0.501. The highest BCUT2D eigenvalue weighted by atomic mass is 19.1. The highest BCUT2D eigenvalue weighted by Gasteiger charge is 2.14. The quantitative estimate of drug-likeness (QED) is 0.919. The minimum absolute atomic E-state index is 0.0616. The third-order valence-corrected chi connectivity index (χ3v) is 2.92. The van der Waals surface area contributed by atoms with Crippen molar-refractivity contribution >= 4 is 5.91 Å². The second-order valence-electron chi connectivity index (χ2n) is 4.46. The van der Waals surface area contributed by atoms with E-state index in [0.29, 0.717) is 0 Å². The molecule has 0 radical (unpaired) electrons. The Bertz CT molecular complexity index is 584. The number of pyridine rings is 1. The summed E-state index contributed by atoms with van der Waals surface area (Å²) >= 11 is 0. The van der Waals surface area contributed by atoms with Gasteiger partial charge in [0.25, 0.3) is 5.91 Å². The number of halogens is 1. The van der Waals surface area contributed by atoms with Crippen LogP contribution in [0.1, 0.15) is 34.5 Å². The maximum atomic E-state index is 13.7. The van der Waals surface area contributed by atoms with Crippen molar-refractivity contribution in [2.45, 2.75) is 19.9 Å². The fourth-order valence-electron chi connectivity index (χ4n) is 1.81. The van der Waals surface area contributed by atoms with Crippen molar-refractivity contribution in [1.82, 2.24) is 10.3 Å². The van der Waals surface area contributed by atoms with Crippen molar-refractivity contribution in [2.24, 2.45) is 0 Å². The van der Waals surface area contributed by atoms with Gasteiger partial charge in [0.15, 0.2) is 0 Å². The number of hydrogen-bond donors (Lipinski definition) is 1. The Kier molecular flexibility index (Phi) is 3.90. The highest BCUT2D eigenvalue weighted by Crippen LogP contribution is 2.14. The molecular weight excluding hydrogens is 243 g/mol. The van der Waals surface area contributed by atoms with Gasteiger partial charge in [-0.3, -0.25) is 9.78 Å². The van der Waals surface area contributed by atoms with Crippen LogP contribution in [0.25, 0.3) is 0 Å². The van der Waals surface area contributed by atoms with E-state index in [4.69, 9.17) is 0 Å². The predicted octanol–water partition coefficient (Wildman–Crippen LogP) is 3.02. The molecule has 1 unspecified atom stereocenters. The van der Waals surface area contributed by atoms with Crippen LogP contribution in [0.5, 0.6) is 0 Å². The summed E-state index contributed by atoms with van der Waals surface area (Å²) in [4.78, 5) is 15.9. The van der Waals surface area contributed by atoms with E-state index in [1.54, 1.807) is 25.4 Å². The fourth-order valence-corrected chi connectivity index (χ4v) is 1.81. The summed E-state index contributed by atoms with van der Waals surface area (Å²) in [5.74, 6) is -0.916. The van der Waals surface area contributed by atoms with Gasteiger partial charge in [0.2, 0.25) is 0 Å². The van der Waals surface area contributed by atoms with Crippen LogP contribution < -0.4 is 5.32 Å². The molecule has 19 heavy (non-hydrogen) atoms. The first-order chi connectivity index (χ1) is 9.08.